The number of benzene rings is 2. The first-order chi connectivity index (χ1) is 10.7. The van der Waals surface area contributed by atoms with Crippen LogP contribution in [0.1, 0.15) is 17.3 Å². The van der Waals surface area contributed by atoms with Gasteiger partial charge in [0.15, 0.2) is 0 Å². The Labute approximate surface area is 125 Å². The van der Waals surface area contributed by atoms with Crippen LogP contribution in [0.15, 0.2) is 52.9 Å². The molecule has 0 saturated carbocycles. The van der Waals surface area contributed by atoms with Gasteiger partial charge in [-0.15, -0.1) is 10.2 Å². The van der Waals surface area contributed by atoms with Crippen LogP contribution in [0, 0.1) is 11.6 Å². The van der Waals surface area contributed by atoms with E-state index in [2.05, 4.69) is 15.5 Å². The highest BCUT2D eigenvalue weighted by Gasteiger charge is 2.11. The van der Waals surface area contributed by atoms with Crippen LogP contribution >= 0.6 is 0 Å². The molecule has 112 valence electrons. The topological polar surface area (TPSA) is 51.0 Å². The zero-order valence-electron chi connectivity index (χ0n) is 11.6. The molecular formula is C16H13F2N3O. The van der Waals surface area contributed by atoms with Crippen molar-refractivity contribution in [2.45, 2.75) is 13.0 Å². The average molecular weight is 301 g/mol. The summed E-state index contributed by atoms with van der Waals surface area (Å²) in [4.78, 5) is 0. The van der Waals surface area contributed by atoms with Crippen molar-refractivity contribution < 1.29 is 13.2 Å². The molecule has 0 bridgehead atoms. The minimum absolute atomic E-state index is 0.0552. The zero-order chi connectivity index (χ0) is 15.4. The maximum atomic E-state index is 13.5. The van der Waals surface area contributed by atoms with Crippen molar-refractivity contribution >= 4 is 5.69 Å². The van der Waals surface area contributed by atoms with Crippen LogP contribution in [-0.4, -0.2) is 10.2 Å². The molecule has 0 atom stereocenters. The van der Waals surface area contributed by atoms with Gasteiger partial charge < -0.3 is 9.73 Å². The summed E-state index contributed by atoms with van der Waals surface area (Å²) in [6.07, 6.45) is 0.516. The highest BCUT2D eigenvalue weighted by Crippen LogP contribution is 2.18. The Morgan fingerprint density at radius 3 is 2.27 bits per heavy atom. The van der Waals surface area contributed by atoms with Crippen LogP contribution in [0.4, 0.5) is 14.5 Å². The first-order valence-electron chi connectivity index (χ1n) is 6.75. The molecule has 4 nitrogen and oxygen atoms in total. The van der Waals surface area contributed by atoms with E-state index in [1.807, 2.05) is 30.3 Å². The fourth-order valence-electron chi connectivity index (χ4n) is 2.03. The van der Waals surface area contributed by atoms with E-state index in [9.17, 15) is 8.78 Å². The Hall–Kier alpha value is -2.76. The van der Waals surface area contributed by atoms with Gasteiger partial charge in [-0.25, -0.2) is 8.78 Å². The summed E-state index contributed by atoms with van der Waals surface area (Å²) in [6.45, 7) is 0.0552. The average Bonchev–Trinajstić information content (AvgIpc) is 2.95. The van der Waals surface area contributed by atoms with Crippen molar-refractivity contribution in [1.29, 1.82) is 0 Å². The molecule has 0 fully saturated rings. The molecule has 3 rings (SSSR count). The summed E-state index contributed by atoms with van der Waals surface area (Å²) in [5.41, 5.74) is 0.844. The van der Waals surface area contributed by atoms with Crippen molar-refractivity contribution in [2.75, 3.05) is 5.32 Å². The molecule has 3 aromatic rings. The van der Waals surface area contributed by atoms with Gasteiger partial charge in [0.2, 0.25) is 11.8 Å². The summed E-state index contributed by atoms with van der Waals surface area (Å²) >= 11 is 0. The molecule has 0 radical (unpaired) electrons. The maximum Gasteiger partial charge on any atom is 0.235 e. The highest BCUT2D eigenvalue weighted by atomic mass is 19.1. The lowest BCUT2D eigenvalue weighted by molar-refractivity contribution is 0.463. The Kier molecular flexibility index (Phi) is 4.09. The molecule has 22 heavy (non-hydrogen) atoms. The molecule has 0 unspecified atom stereocenters. The van der Waals surface area contributed by atoms with Gasteiger partial charge >= 0.3 is 0 Å². The first kappa shape index (κ1) is 14.2. The minimum Gasteiger partial charge on any atom is -0.423 e. The fraction of sp³-hybridized carbons (Fsp3) is 0.125. The van der Waals surface area contributed by atoms with Crippen molar-refractivity contribution in [1.82, 2.24) is 10.2 Å². The quantitative estimate of drug-likeness (QED) is 0.783. The molecule has 0 aliphatic rings. The van der Waals surface area contributed by atoms with Crippen molar-refractivity contribution in [3.8, 4) is 0 Å². The van der Waals surface area contributed by atoms with Gasteiger partial charge in [-0.05, 0) is 17.7 Å². The summed E-state index contributed by atoms with van der Waals surface area (Å²) < 4.78 is 32.4. The number of hydrogen-bond donors (Lipinski definition) is 1. The van der Waals surface area contributed by atoms with Crippen molar-refractivity contribution in [2.24, 2.45) is 0 Å². The summed E-state index contributed by atoms with van der Waals surface area (Å²) in [6, 6.07) is 13.4. The van der Waals surface area contributed by atoms with E-state index in [1.54, 1.807) is 0 Å². The number of hydrogen-bond acceptors (Lipinski definition) is 4. The molecule has 0 spiro atoms. The van der Waals surface area contributed by atoms with Crippen LogP contribution in [-0.2, 0) is 13.0 Å². The van der Waals surface area contributed by atoms with Crippen LogP contribution in [0.3, 0.4) is 0 Å². The second-order valence-electron chi connectivity index (χ2n) is 4.70. The van der Waals surface area contributed by atoms with Gasteiger partial charge in [0.1, 0.15) is 17.3 Å². The maximum absolute atomic E-state index is 13.5. The zero-order valence-corrected chi connectivity index (χ0v) is 11.6. The van der Waals surface area contributed by atoms with E-state index in [0.717, 1.165) is 5.56 Å². The van der Waals surface area contributed by atoms with E-state index in [1.165, 1.54) is 18.2 Å². The van der Waals surface area contributed by atoms with Crippen molar-refractivity contribution in [3.05, 3.63) is 77.5 Å². The van der Waals surface area contributed by atoms with Gasteiger partial charge in [-0.3, -0.25) is 0 Å². The van der Waals surface area contributed by atoms with Crippen LogP contribution in [0.5, 0.6) is 0 Å². The summed E-state index contributed by atoms with van der Waals surface area (Å²) in [7, 11) is 0. The molecule has 0 aliphatic carbocycles. The number of para-hydroxylation sites is 1. The van der Waals surface area contributed by atoms with E-state index < -0.39 is 11.6 Å². The molecule has 0 aliphatic heterocycles. The van der Waals surface area contributed by atoms with E-state index >= 15 is 0 Å². The van der Waals surface area contributed by atoms with Crippen LogP contribution in [0.2, 0.25) is 0 Å². The lowest BCUT2D eigenvalue weighted by Gasteiger charge is -2.05. The number of rotatable bonds is 5. The Morgan fingerprint density at radius 1 is 0.864 bits per heavy atom. The monoisotopic (exact) mass is 301 g/mol. The van der Waals surface area contributed by atoms with Gasteiger partial charge in [-0.1, -0.05) is 36.4 Å². The summed E-state index contributed by atoms with van der Waals surface area (Å²) in [5, 5.41) is 10.4. The Bertz CT molecular complexity index is 739. The smallest absolute Gasteiger partial charge is 0.235 e. The molecule has 0 amide bonds. The third-order valence-corrected chi connectivity index (χ3v) is 3.09. The Balaban J connectivity index is 1.65. The molecule has 2 aromatic carbocycles. The lowest BCUT2D eigenvalue weighted by atomic mass is 10.2. The summed E-state index contributed by atoms with van der Waals surface area (Å²) in [5.74, 6) is -0.598. The number of halogens is 2. The normalized spacial score (nSPS) is 10.6. The third-order valence-electron chi connectivity index (χ3n) is 3.09. The second kappa shape index (κ2) is 6.34. The molecule has 1 heterocycles. The lowest BCUT2D eigenvalue weighted by Crippen LogP contribution is -2.04. The van der Waals surface area contributed by atoms with E-state index in [4.69, 9.17) is 4.42 Å². The minimum atomic E-state index is -0.663. The van der Waals surface area contributed by atoms with Gasteiger partial charge in [0, 0.05) is 0 Å². The SMILES string of the molecule is Fc1cccc(F)c1NCc1nnc(Cc2ccccc2)o1. The highest BCUT2D eigenvalue weighted by molar-refractivity contribution is 5.45. The molecule has 0 saturated heterocycles. The second-order valence-corrected chi connectivity index (χ2v) is 4.70. The molecule has 1 aromatic heterocycles. The molecule has 1 N–H and O–H groups in total. The van der Waals surface area contributed by atoms with Crippen LogP contribution in [0.25, 0.3) is 0 Å². The number of nitrogens with one attached hydrogen (secondary N) is 1. The van der Waals surface area contributed by atoms with Gasteiger partial charge in [0.05, 0.1) is 13.0 Å². The van der Waals surface area contributed by atoms with Gasteiger partial charge in [-0.2, -0.15) is 0 Å². The van der Waals surface area contributed by atoms with E-state index in [0.29, 0.717) is 12.3 Å². The predicted octanol–water partition coefficient (Wildman–Crippen LogP) is 3.55. The third kappa shape index (κ3) is 3.28. The largest absolute Gasteiger partial charge is 0.423 e. The first-order valence-corrected chi connectivity index (χ1v) is 6.75. The van der Waals surface area contributed by atoms with Gasteiger partial charge in [0.25, 0.3) is 0 Å². The number of anilines is 1. The molecule has 6 heteroatoms. The standard InChI is InChI=1S/C16H13F2N3O/c17-12-7-4-8-13(18)16(12)19-10-15-21-20-14(22-15)9-11-5-2-1-3-6-11/h1-8,19H,9-10H2. The van der Waals surface area contributed by atoms with Crippen LogP contribution < -0.4 is 5.32 Å². The van der Waals surface area contributed by atoms with Crippen molar-refractivity contribution in [3.63, 3.8) is 0 Å². The number of aromatic nitrogens is 2. The predicted molar refractivity (Wildman–Crippen MR) is 77.2 cm³/mol. The van der Waals surface area contributed by atoms with E-state index in [-0.39, 0.29) is 18.1 Å². The fourth-order valence-corrected chi connectivity index (χ4v) is 2.03. The molecular weight excluding hydrogens is 288 g/mol. The number of nitrogens with zero attached hydrogens (tertiary/aromatic N) is 2. The Morgan fingerprint density at radius 2 is 1.55 bits per heavy atom.